The highest BCUT2D eigenvalue weighted by Crippen LogP contribution is 2.35. The maximum absolute atomic E-state index is 12.4. The van der Waals surface area contributed by atoms with Gasteiger partial charge in [-0.2, -0.15) is 5.26 Å². The molecule has 0 aliphatic heterocycles. The zero-order valence-electron chi connectivity index (χ0n) is 12.7. The van der Waals surface area contributed by atoms with Crippen LogP contribution in [-0.2, 0) is 11.8 Å². The Morgan fingerprint density at radius 2 is 2.29 bits per heavy atom. The molecule has 1 fully saturated rings. The van der Waals surface area contributed by atoms with Crippen molar-refractivity contribution in [1.29, 1.82) is 5.26 Å². The van der Waals surface area contributed by atoms with Crippen LogP contribution in [0.4, 0.5) is 0 Å². The third-order valence-corrected chi connectivity index (χ3v) is 5.34. The van der Waals surface area contributed by atoms with Gasteiger partial charge in [-0.1, -0.05) is 18.7 Å². The fraction of sp³-hybridized carbons (Fsp3) is 0.714. The first-order valence-corrected chi connectivity index (χ1v) is 8.12. The van der Waals surface area contributed by atoms with Crippen LogP contribution in [0.2, 0.25) is 0 Å². The number of thioether (sulfide) groups is 1. The maximum Gasteiger partial charge on any atom is 0.234 e. The normalized spacial score (nSPS) is 25.3. The molecule has 1 aliphatic carbocycles. The largest absolute Gasteiger partial charge is 0.326 e. The summed E-state index contributed by atoms with van der Waals surface area (Å²) in [5.74, 6) is 0.893. The number of rotatable bonds is 4. The van der Waals surface area contributed by atoms with Crippen molar-refractivity contribution in [2.45, 2.75) is 43.3 Å². The van der Waals surface area contributed by atoms with Crippen LogP contribution in [-0.4, -0.2) is 43.9 Å². The Bertz CT molecular complexity index is 542. The molecule has 1 heterocycles. The van der Waals surface area contributed by atoms with Crippen LogP contribution in [0.3, 0.4) is 0 Å². The molecule has 1 aromatic rings. The highest BCUT2D eigenvalue weighted by Gasteiger charge is 2.40. The third kappa shape index (κ3) is 3.38. The van der Waals surface area contributed by atoms with Crippen molar-refractivity contribution in [3.05, 3.63) is 6.33 Å². The van der Waals surface area contributed by atoms with E-state index < -0.39 is 5.54 Å². The summed E-state index contributed by atoms with van der Waals surface area (Å²) in [6, 6.07) is 2.39. The molecule has 7 heteroatoms. The van der Waals surface area contributed by atoms with E-state index in [1.54, 1.807) is 22.8 Å². The second-order valence-corrected chi connectivity index (χ2v) is 6.73. The Morgan fingerprint density at radius 1 is 1.62 bits per heavy atom. The van der Waals surface area contributed by atoms with Crippen LogP contribution in [0.1, 0.15) is 32.6 Å². The number of amides is 1. The molecule has 1 amide bonds. The number of aryl methyl sites for hydroxylation is 1. The van der Waals surface area contributed by atoms with Crippen LogP contribution < -0.4 is 0 Å². The fourth-order valence-electron chi connectivity index (χ4n) is 2.63. The quantitative estimate of drug-likeness (QED) is 0.793. The fourth-order valence-corrected chi connectivity index (χ4v) is 3.43. The van der Waals surface area contributed by atoms with Crippen molar-refractivity contribution in [2.24, 2.45) is 13.0 Å². The first-order chi connectivity index (χ1) is 9.98. The van der Waals surface area contributed by atoms with Crippen molar-refractivity contribution in [3.8, 4) is 6.07 Å². The van der Waals surface area contributed by atoms with Gasteiger partial charge in [0.1, 0.15) is 11.9 Å². The average molecular weight is 307 g/mol. The van der Waals surface area contributed by atoms with Crippen LogP contribution >= 0.6 is 11.8 Å². The molecule has 1 aliphatic rings. The molecule has 0 unspecified atom stereocenters. The van der Waals surface area contributed by atoms with Gasteiger partial charge < -0.3 is 9.47 Å². The van der Waals surface area contributed by atoms with Crippen molar-refractivity contribution in [3.63, 3.8) is 0 Å². The molecule has 0 N–H and O–H groups in total. The Morgan fingerprint density at radius 3 is 2.81 bits per heavy atom. The zero-order chi connectivity index (χ0) is 15.5. The lowest BCUT2D eigenvalue weighted by atomic mass is 9.77. The average Bonchev–Trinajstić information content (AvgIpc) is 2.90. The summed E-state index contributed by atoms with van der Waals surface area (Å²) in [5.41, 5.74) is -0.635. The predicted octanol–water partition coefficient (Wildman–Crippen LogP) is 1.84. The number of aromatic nitrogens is 3. The van der Waals surface area contributed by atoms with Gasteiger partial charge in [0.2, 0.25) is 5.91 Å². The summed E-state index contributed by atoms with van der Waals surface area (Å²) in [7, 11) is 3.59. The van der Waals surface area contributed by atoms with Gasteiger partial charge in [-0.15, -0.1) is 10.2 Å². The predicted molar refractivity (Wildman–Crippen MR) is 80.5 cm³/mol. The van der Waals surface area contributed by atoms with Gasteiger partial charge in [0.05, 0.1) is 11.8 Å². The molecule has 0 spiro atoms. The molecule has 114 valence electrons. The van der Waals surface area contributed by atoms with Crippen LogP contribution in [0.15, 0.2) is 11.5 Å². The number of carbonyl (C=O) groups excluding carboxylic acids is 1. The monoisotopic (exact) mass is 307 g/mol. The number of hydrogen-bond acceptors (Lipinski definition) is 5. The van der Waals surface area contributed by atoms with Crippen molar-refractivity contribution >= 4 is 17.7 Å². The first kappa shape index (κ1) is 15.8. The van der Waals surface area contributed by atoms with Crippen LogP contribution in [0.5, 0.6) is 0 Å². The van der Waals surface area contributed by atoms with E-state index in [4.69, 9.17) is 0 Å². The van der Waals surface area contributed by atoms with E-state index in [1.165, 1.54) is 11.8 Å². The Kier molecular flexibility index (Phi) is 4.88. The molecule has 0 saturated heterocycles. The van der Waals surface area contributed by atoms with E-state index in [9.17, 15) is 10.1 Å². The molecule has 1 saturated carbocycles. The minimum atomic E-state index is -0.635. The first-order valence-electron chi connectivity index (χ1n) is 7.13. The maximum atomic E-state index is 12.4. The number of nitrogens with zero attached hydrogens (tertiary/aromatic N) is 5. The summed E-state index contributed by atoms with van der Waals surface area (Å²) in [6.45, 7) is 2.20. The summed E-state index contributed by atoms with van der Waals surface area (Å²) >= 11 is 1.35. The Balaban J connectivity index is 1.98. The van der Waals surface area contributed by atoms with Gasteiger partial charge >= 0.3 is 0 Å². The highest BCUT2D eigenvalue weighted by molar-refractivity contribution is 7.99. The molecular weight excluding hydrogens is 286 g/mol. The van der Waals surface area contributed by atoms with Crippen molar-refractivity contribution in [2.75, 3.05) is 12.8 Å². The number of nitriles is 1. The Hall–Kier alpha value is -1.55. The van der Waals surface area contributed by atoms with E-state index in [2.05, 4.69) is 23.2 Å². The van der Waals surface area contributed by atoms with Crippen LogP contribution in [0.25, 0.3) is 0 Å². The van der Waals surface area contributed by atoms with E-state index in [0.717, 1.165) is 25.7 Å². The summed E-state index contributed by atoms with van der Waals surface area (Å²) in [5, 5.41) is 18.0. The highest BCUT2D eigenvalue weighted by atomic mass is 32.2. The van der Waals surface area contributed by atoms with Gasteiger partial charge in [-0.3, -0.25) is 4.79 Å². The third-order valence-electron chi connectivity index (χ3n) is 4.32. The summed E-state index contributed by atoms with van der Waals surface area (Å²) in [6.07, 6.45) is 5.14. The van der Waals surface area contributed by atoms with E-state index >= 15 is 0 Å². The molecule has 1 aromatic heterocycles. The van der Waals surface area contributed by atoms with Gasteiger partial charge in [-0.05, 0) is 31.6 Å². The van der Waals surface area contributed by atoms with E-state index in [-0.39, 0.29) is 11.7 Å². The van der Waals surface area contributed by atoms with E-state index in [0.29, 0.717) is 11.1 Å². The molecule has 0 bridgehead atoms. The van der Waals surface area contributed by atoms with Crippen molar-refractivity contribution in [1.82, 2.24) is 19.7 Å². The molecule has 21 heavy (non-hydrogen) atoms. The minimum absolute atomic E-state index is 0.0286. The minimum Gasteiger partial charge on any atom is -0.326 e. The second kappa shape index (κ2) is 6.48. The summed E-state index contributed by atoms with van der Waals surface area (Å²) in [4.78, 5) is 14.0. The topological polar surface area (TPSA) is 74.8 Å². The smallest absolute Gasteiger partial charge is 0.234 e. The SMILES string of the molecule is CC1CCC(C#N)(N(C)C(=O)CSc2nncn2C)CC1. The number of carbonyl (C=O) groups is 1. The van der Waals surface area contributed by atoms with Crippen LogP contribution in [0, 0.1) is 17.2 Å². The standard InChI is InChI=1S/C14H21N5OS/c1-11-4-6-14(9-15,7-5-11)19(3)12(20)8-21-13-17-16-10-18(13)2/h10-11H,4-8H2,1-3H3. The van der Waals surface area contributed by atoms with Gasteiger partial charge in [-0.25, -0.2) is 0 Å². The Labute approximate surface area is 129 Å². The molecule has 0 radical (unpaired) electrons. The summed E-state index contributed by atoms with van der Waals surface area (Å²) < 4.78 is 1.78. The molecule has 6 nitrogen and oxygen atoms in total. The molecule has 0 aromatic carbocycles. The lowest BCUT2D eigenvalue weighted by molar-refractivity contribution is -0.132. The van der Waals surface area contributed by atoms with Gasteiger partial charge in [0.25, 0.3) is 0 Å². The van der Waals surface area contributed by atoms with Crippen molar-refractivity contribution < 1.29 is 4.79 Å². The van der Waals surface area contributed by atoms with Gasteiger partial charge in [0.15, 0.2) is 5.16 Å². The lowest BCUT2D eigenvalue weighted by Crippen LogP contribution is -2.51. The molecule has 2 rings (SSSR count). The lowest BCUT2D eigenvalue weighted by Gasteiger charge is -2.40. The second-order valence-electron chi connectivity index (χ2n) is 5.79. The molecular formula is C14H21N5OS. The number of hydrogen-bond donors (Lipinski definition) is 0. The van der Waals surface area contributed by atoms with E-state index in [1.807, 2.05) is 7.05 Å². The van der Waals surface area contributed by atoms with Gasteiger partial charge in [0, 0.05) is 14.1 Å². The zero-order valence-corrected chi connectivity index (χ0v) is 13.6. The molecule has 0 atom stereocenters.